The number of para-hydroxylation sites is 1. The highest BCUT2D eigenvalue weighted by atomic mass is 32.1. The Hall–Kier alpha value is -7.86. The maximum atomic E-state index is 14.1. The summed E-state index contributed by atoms with van der Waals surface area (Å²) >= 11 is 1.50. The van der Waals surface area contributed by atoms with Gasteiger partial charge in [-0.15, -0.1) is 0 Å². The first-order chi connectivity index (χ1) is 39.3. The van der Waals surface area contributed by atoms with E-state index in [0.29, 0.717) is 111 Å². The molecule has 0 N–H and O–H groups in total. The summed E-state index contributed by atoms with van der Waals surface area (Å²) in [7, 11) is 0. The highest BCUT2D eigenvalue weighted by Crippen LogP contribution is 2.33. The van der Waals surface area contributed by atoms with Gasteiger partial charge in [0, 0.05) is 23.8 Å². The number of hydrogen-bond donors (Lipinski definition) is 0. The number of unbranched alkanes of at least 4 members (excludes halogenated alkanes) is 6. The molecule has 2 aliphatic carbocycles. The van der Waals surface area contributed by atoms with E-state index in [9.17, 15) is 28.8 Å². The molecular weight excluding hydrogens is 1050 g/mol. The molecule has 0 atom stereocenters. The summed E-state index contributed by atoms with van der Waals surface area (Å²) in [6.07, 6.45) is 13.7. The maximum Gasteiger partial charge on any atom is 0.339 e. The lowest BCUT2D eigenvalue weighted by Gasteiger charge is -2.27. The fourth-order valence-corrected chi connectivity index (χ4v) is 10.4. The Labute approximate surface area is 477 Å². The van der Waals surface area contributed by atoms with Crippen molar-refractivity contribution in [1.82, 2.24) is 4.98 Å². The van der Waals surface area contributed by atoms with Crippen LogP contribution in [0.3, 0.4) is 0 Å². The third kappa shape index (κ3) is 19.4. The fourth-order valence-electron chi connectivity index (χ4n) is 9.30. The summed E-state index contributed by atoms with van der Waals surface area (Å²) in [6, 6.07) is 26.2. The number of aromatic nitrogens is 1. The Morgan fingerprint density at radius 3 is 1.60 bits per heavy atom. The van der Waals surface area contributed by atoms with Gasteiger partial charge in [0.1, 0.15) is 35.2 Å². The molecule has 1 aromatic heterocycles. The van der Waals surface area contributed by atoms with Crippen LogP contribution in [0.5, 0.6) is 23.0 Å². The predicted octanol–water partition coefficient (Wildman–Crippen LogP) is 12.5. The van der Waals surface area contributed by atoms with Crippen LogP contribution in [0.15, 0.2) is 121 Å². The average molecular weight is 1130 g/mol. The number of nitrogens with zero attached hydrogens (tertiary/aromatic N) is 3. The number of hydrogen-bond acceptors (Lipinski definition) is 18. The fraction of sp³-hybridized carbons (Fsp3) is 0.429. The third-order valence-electron chi connectivity index (χ3n) is 13.9. The lowest BCUT2D eigenvalue weighted by atomic mass is 9.87. The summed E-state index contributed by atoms with van der Waals surface area (Å²) in [5.41, 5.74) is 1.84. The number of esters is 6. The molecule has 0 spiro atoms. The normalized spacial score (nSPS) is 16.9. The van der Waals surface area contributed by atoms with E-state index in [4.69, 9.17) is 48.0 Å². The monoisotopic (exact) mass is 1130 g/mol. The van der Waals surface area contributed by atoms with Crippen LogP contribution >= 0.6 is 11.3 Å². The van der Waals surface area contributed by atoms with E-state index in [0.717, 1.165) is 73.7 Å². The van der Waals surface area contributed by atoms with Crippen molar-refractivity contribution in [3.63, 3.8) is 0 Å². The van der Waals surface area contributed by atoms with Crippen LogP contribution in [0, 0.1) is 11.8 Å². The molecule has 0 amide bonds. The van der Waals surface area contributed by atoms with Crippen molar-refractivity contribution < 1.29 is 66.7 Å². The number of ether oxygens (including phenoxy) is 8. The van der Waals surface area contributed by atoms with Gasteiger partial charge >= 0.3 is 35.8 Å². The molecular formula is C63H73N3O14S. The molecule has 17 nitrogen and oxygen atoms in total. The zero-order valence-corrected chi connectivity index (χ0v) is 47.1. The van der Waals surface area contributed by atoms with Crippen LogP contribution in [0.4, 0.5) is 5.13 Å². The molecule has 18 heteroatoms. The minimum Gasteiger partial charge on any atom is -0.494 e. The zero-order chi connectivity index (χ0) is 57.3. The quantitative estimate of drug-likeness (QED) is 0.00797. The molecule has 430 valence electrons. The number of carbonyl (C=O) groups is 6. The first-order valence-electron chi connectivity index (χ1n) is 28.1. The number of rotatable bonds is 30. The topological polar surface area (TPSA) is 205 Å². The van der Waals surface area contributed by atoms with E-state index >= 15 is 0 Å². The molecule has 5 aromatic rings. The molecule has 0 aliphatic heterocycles. The summed E-state index contributed by atoms with van der Waals surface area (Å²) in [6.45, 7) is 12.5. The Bertz CT molecular complexity index is 2890. The van der Waals surface area contributed by atoms with E-state index in [2.05, 4.69) is 13.2 Å². The molecule has 7 rings (SSSR count). The van der Waals surface area contributed by atoms with E-state index < -0.39 is 41.9 Å². The average Bonchev–Trinajstić information content (AvgIpc) is 4.01. The summed E-state index contributed by atoms with van der Waals surface area (Å²) in [5.74, 6) is -1.46. The standard InChI is InChI=1S/C63H73N3O14S/c1-5-57(67)75-39-15-9-7-13-37-73-48-25-19-44(20-26-48)59(69)77-50-27-21-46(22-28-50)61(71)80-53-35-36-54(47(41-53)42-64-66(43(3)4)63-65-55-17-11-12-18-56(55)81-63)62(72)79-51-29-23-45(24-30-51)60(70)78-52-33-31-49(32-34-52)74-38-14-8-10-16-40-76-58(68)6-2/h5-6,11-12,17-20,25-26,31-36,41-43,45-46,50-51H,1-2,7-10,13-16,21-24,27-30,37-40H2,3-4H3/b64-42+/t45-,46-,50-,51-. The van der Waals surface area contributed by atoms with Gasteiger partial charge in [-0.3, -0.25) is 9.59 Å². The highest BCUT2D eigenvalue weighted by molar-refractivity contribution is 7.22. The second-order valence-corrected chi connectivity index (χ2v) is 21.3. The number of benzene rings is 4. The first-order valence-corrected chi connectivity index (χ1v) is 28.9. The molecule has 0 unspecified atom stereocenters. The smallest absolute Gasteiger partial charge is 0.339 e. The van der Waals surface area contributed by atoms with E-state index in [1.807, 2.05) is 38.1 Å². The number of hydrazone groups is 1. The Kier molecular flexibility index (Phi) is 23.9. The minimum absolute atomic E-state index is 0.105. The summed E-state index contributed by atoms with van der Waals surface area (Å²) < 4.78 is 46.3. The molecule has 2 fully saturated rings. The van der Waals surface area contributed by atoms with Crippen LogP contribution < -0.4 is 24.0 Å². The molecule has 0 saturated heterocycles. The van der Waals surface area contributed by atoms with Crippen molar-refractivity contribution in [2.45, 2.75) is 135 Å². The summed E-state index contributed by atoms with van der Waals surface area (Å²) in [4.78, 5) is 81.2. The SMILES string of the molecule is C=CC(=O)OCCCCCCOc1ccc(OC(=O)[C@H]2CC[C@H](OC(=O)c3ccc(OC(=O)[C@H]4CC[C@H](OC(=O)c5ccc(OCCCCCCOC(=O)C=C)cc5)CC4)cc3/C=N/N(c3nc4ccccc4s3)C(C)C)CC2)cc1. The minimum atomic E-state index is -0.576. The van der Waals surface area contributed by atoms with Gasteiger partial charge in [0.2, 0.25) is 5.13 Å². The number of anilines is 1. The van der Waals surface area contributed by atoms with Crippen LogP contribution in [-0.4, -0.2) is 91.7 Å². The predicted molar refractivity (Wildman–Crippen MR) is 308 cm³/mol. The van der Waals surface area contributed by atoms with Gasteiger partial charge in [-0.2, -0.15) is 5.10 Å². The van der Waals surface area contributed by atoms with Gasteiger partial charge in [-0.05, 0) is 195 Å². The third-order valence-corrected chi connectivity index (χ3v) is 14.9. The molecule has 81 heavy (non-hydrogen) atoms. The second kappa shape index (κ2) is 31.8. The van der Waals surface area contributed by atoms with Crippen molar-refractivity contribution in [1.29, 1.82) is 0 Å². The molecule has 0 bridgehead atoms. The van der Waals surface area contributed by atoms with Crippen LogP contribution in [0.2, 0.25) is 0 Å². The maximum absolute atomic E-state index is 14.1. The lowest BCUT2D eigenvalue weighted by molar-refractivity contribution is -0.141. The number of thiazole rings is 1. The van der Waals surface area contributed by atoms with Crippen LogP contribution in [0.25, 0.3) is 10.2 Å². The van der Waals surface area contributed by atoms with Crippen molar-refractivity contribution >= 4 is 68.7 Å². The molecule has 4 aromatic carbocycles. The zero-order valence-electron chi connectivity index (χ0n) is 46.3. The van der Waals surface area contributed by atoms with Gasteiger partial charge in [-0.25, -0.2) is 29.2 Å². The van der Waals surface area contributed by atoms with Gasteiger partial charge < -0.3 is 37.9 Å². The first kappa shape index (κ1) is 60.8. The van der Waals surface area contributed by atoms with Crippen LogP contribution in [-0.2, 0) is 38.1 Å². The number of carbonyl (C=O) groups excluding carboxylic acids is 6. The van der Waals surface area contributed by atoms with E-state index in [-0.39, 0.29) is 35.3 Å². The van der Waals surface area contributed by atoms with Crippen molar-refractivity contribution in [2.24, 2.45) is 16.9 Å². The van der Waals surface area contributed by atoms with E-state index in [1.54, 1.807) is 78.0 Å². The lowest BCUT2D eigenvalue weighted by Crippen LogP contribution is -2.30. The number of fused-ring (bicyclic) bond motifs is 1. The Morgan fingerprint density at radius 2 is 1.07 bits per heavy atom. The van der Waals surface area contributed by atoms with Gasteiger partial charge in [-0.1, -0.05) is 36.6 Å². The van der Waals surface area contributed by atoms with Crippen molar-refractivity contribution in [3.05, 3.63) is 133 Å². The highest BCUT2D eigenvalue weighted by Gasteiger charge is 2.32. The second-order valence-electron chi connectivity index (χ2n) is 20.3. The Morgan fingerprint density at radius 1 is 0.593 bits per heavy atom. The molecule has 2 saturated carbocycles. The van der Waals surface area contributed by atoms with Gasteiger partial charge in [0.05, 0.1) is 65.8 Å². The largest absolute Gasteiger partial charge is 0.494 e. The van der Waals surface area contributed by atoms with Crippen molar-refractivity contribution in [2.75, 3.05) is 31.4 Å². The van der Waals surface area contributed by atoms with E-state index in [1.165, 1.54) is 11.3 Å². The molecule has 1 heterocycles. The molecule has 0 radical (unpaired) electrons. The van der Waals surface area contributed by atoms with Crippen molar-refractivity contribution in [3.8, 4) is 23.0 Å². The van der Waals surface area contributed by atoms with Crippen LogP contribution in [0.1, 0.15) is 143 Å². The summed E-state index contributed by atoms with van der Waals surface area (Å²) in [5, 5.41) is 7.27. The van der Waals surface area contributed by atoms with Gasteiger partial charge in [0.15, 0.2) is 0 Å². The Balaban J connectivity index is 0.889. The molecule has 2 aliphatic rings. The van der Waals surface area contributed by atoms with Gasteiger partial charge in [0.25, 0.3) is 0 Å².